The lowest BCUT2D eigenvalue weighted by Crippen LogP contribution is -2.56. The van der Waals surface area contributed by atoms with Crippen LogP contribution in [0.4, 0.5) is 10.1 Å². The van der Waals surface area contributed by atoms with Gasteiger partial charge in [-0.3, -0.25) is 14.4 Å². The maximum absolute atomic E-state index is 14.1. The summed E-state index contributed by atoms with van der Waals surface area (Å²) in [5, 5.41) is 6.42. The normalized spacial score (nSPS) is 16.6. The molecule has 0 radical (unpaired) electrons. The molecule has 2 aliphatic rings. The number of para-hydroxylation sites is 1. The number of carbonyl (C=O) groups excluding carboxylic acids is 3. The maximum atomic E-state index is 14.1. The van der Waals surface area contributed by atoms with Crippen molar-refractivity contribution in [2.24, 2.45) is 5.92 Å². The number of fused-ring (bicyclic) bond motifs is 1. The van der Waals surface area contributed by atoms with E-state index in [-0.39, 0.29) is 47.5 Å². The van der Waals surface area contributed by atoms with Gasteiger partial charge in [-0.25, -0.2) is 4.39 Å². The molecule has 2 aliphatic heterocycles. The number of ether oxygens (including phenoxy) is 1. The van der Waals surface area contributed by atoms with Crippen LogP contribution in [-0.4, -0.2) is 65.8 Å². The number of hydrogen-bond acceptors (Lipinski definition) is 5. The Kier molecular flexibility index (Phi) is 10.1. The minimum Gasteiger partial charge on any atom is -0.457 e. The van der Waals surface area contributed by atoms with Crippen LogP contribution in [0.2, 0.25) is 0 Å². The molecule has 244 valence electrons. The zero-order valence-electron chi connectivity index (χ0n) is 27.4. The van der Waals surface area contributed by atoms with Gasteiger partial charge in [-0.15, -0.1) is 0 Å². The molecular formula is C37H45FN4O4. The van der Waals surface area contributed by atoms with Gasteiger partial charge in [0.2, 0.25) is 11.8 Å². The van der Waals surface area contributed by atoms with Gasteiger partial charge in [-0.2, -0.15) is 0 Å². The Bertz CT molecular complexity index is 1560. The summed E-state index contributed by atoms with van der Waals surface area (Å²) in [6.45, 7) is 11.8. The largest absolute Gasteiger partial charge is 0.457 e. The number of rotatable bonds is 9. The summed E-state index contributed by atoms with van der Waals surface area (Å²) in [6.07, 6.45) is 2.37. The average Bonchev–Trinajstić information content (AvgIpc) is 3.13. The number of nitrogens with one attached hydrogen (secondary N) is 2. The fraction of sp³-hybridized carbons (Fsp3) is 0.432. The summed E-state index contributed by atoms with van der Waals surface area (Å²) in [7, 11) is 0. The number of halogens is 1. The van der Waals surface area contributed by atoms with Crippen LogP contribution in [0.3, 0.4) is 0 Å². The van der Waals surface area contributed by atoms with Crippen molar-refractivity contribution in [2.75, 3.05) is 31.5 Å². The van der Waals surface area contributed by atoms with E-state index in [1.54, 1.807) is 30.3 Å². The number of carbonyl (C=O) groups is 3. The number of hydrogen-bond donors (Lipinski definition) is 2. The van der Waals surface area contributed by atoms with Crippen LogP contribution in [0.25, 0.3) is 0 Å². The van der Waals surface area contributed by atoms with E-state index in [1.807, 2.05) is 43.0 Å². The van der Waals surface area contributed by atoms with Crippen molar-refractivity contribution in [3.63, 3.8) is 0 Å². The molecule has 8 nitrogen and oxygen atoms in total. The topological polar surface area (TPSA) is 91.0 Å². The highest BCUT2D eigenvalue weighted by Gasteiger charge is 2.40. The van der Waals surface area contributed by atoms with Gasteiger partial charge >= 0.3 is 0 Å². The van der Waals surface area contributed by atoms with Crippen molar-refractivity contribution in [1.29, 1.82) is 0 Å². The van der Waals surface area contributed by atoms with E-state index in [1.165, 1.54) is 17.0 Å². The van der Waals surface area contributed by atoms with Gasteiger partial charge in [0.1, 0.15) is 29.9 Å². The van der Waals surface area contributed by atoms with E-state index in [9.17, 15) is 18.8 Å². The first-order valence-electron chi connectivity index (χ1n) is 16.2. The lowest BCUT2D eigenvalue weighted by Gasteiger charge is -2.39. The molecule has 2 heterocycles. The predicted octanol–water partition coefficient (Wildman–Crippen LogP) is 6.16. The summed E-state index contributed by atoms with van der Waals surface area (Å²) in [5.41, 5.74) is 2.64. The Morgan fingerprint density at radius 1 is 1.02 bits per heavy atom. The highest BCUT2D eigenvalue weighted by atomic mass is 19.1. The molecule has 3 aromatic carbocycles. The SMILES string of the molecule is CC(C)C(C(=O)N1CCC(NCCc2ccc(F)cc2)CC1)N1CC(=O)Nc2ccc(Oc3ccccc3C(C)(C)C)cc2C1=O. The Morgan fingerprint density at radius 3 is 2.39 bits per heavy atom. The molecule has 0 spiro atoms. The molecule has 46 heavy (non-hydrogen) atoms. The molecule has 1 atom stereocenters. The summed E-state index contributed by atoms with van der Waals surface area (Å²) < 4.78 is 19.5. The summed E-state index contributed by atoms with van der Waals surface area (Å²) in [4.78, 5) is 44.4. The molecule has 3 amide bonds. The molecule has 1 unspecified atom stereocenters. The van der Waals surface area contributed by atoms with E-state index in [0.717, 1.165) is 36.9 Å². The zero-order chi connectivity index (χ0) is 33.0. The molecular weight excluding hydrogens is 583 g/mol. The van der Waals surface area contributed by atoms with Gasteiger partial charge in [0.25, 0.3) is 5.91 Å². The van der Waals surface area contributed by atoms with Crippen molar-refractivity contribution in [3.8, 4) is 11.5 Å². The number of benzene rings is 3. The molecule has 2 N–H and O–H groups in total. The van der Waals surface area contributed by atoms with Crippen molar-refractivity contribution < 1.29 is 23.5 Å². The van der Waals surface area contributed by atoms with E-state index < -0.39 is 6.04 Å². The monoisotopic (exact) mass is 628 g/mol. The van der Waals surface area contributed by atoms with Crippen molar-refractivity contribution >= 4 is 23.4 Å². The quantitative estimate of drug-likeness (QED) is 0.296. The van der Waals surface area contributed by atoms with E-state index in [2.05, 4.69) is 31.4 Å². The van der Waals surface area contributed by atoms with Gasteiger partial charge in [-0.05, 0) is 79.1 Å². The minimum absolute atomic E-state index is 0.143. The first-order chi connectivity index (χ1) is 21.9. The van der Waals surface area contributed by atoms with Gasteiger partial charge in [0.15, 0.2) is 0 Å². The van der Waals surface area contributed by atoms with Crippen LogP contribution in [0.15, 0.2) is 66.7 Å². The van der Waals surface area contributed by atoms with Crippen LogP contribution in [0, 0.1) is 11.7 Å². The molecule has 3 aromatic rings. The van der Waals surface area contributed by atoms with E-state index in [4.69, 9.17) is 4.74 Å². The maximum Gasteiger partial charge on any atom is 0.257 e. The minimum atomic E-state index is -0.793. The third kappa shape index (κ3) is 7.76. The third-order valence-electron chi connectivity index (χ3n) is 8.78. The smallest absolute Gasteiger partial charge is 0.257 e. The third-order valence-corrected chi connectivity index (χ3v) is 8.78. The first kappa shape index (κ1) is 33.1. The summed E-state index contributed by atoms with van der Waals surface area (Å²) in [5.74, 6) is -0.154. The van der Waals surface area contributed by atoms with Crippen LogP contribution in [0.1, 0.15) is 68.9 Å². The molecule has 5 rings (SSSR count). The van der Waals surface area contributed by atoms with Gasteiger partial charge in [0.05, 0.1) is 11.3 Å². The van der Waals surface area contributed by atoms with Crippen molar-refractivity contribution in [2.45, 2.75) is 71.4 Å². The van der Waals surface area contributed by atoms with Crippen molar-refractivity contribution in [1.82, 2.24) is 15.1 Å². The van der Waals surface area contributed by atoms with Crippen LogP contribution in [0.5, 0.6) is 11.5 Å². The second kappa shape index (κ2) is 14.0. The summed E-state index contributed by atoms with van der Waals surface area (Å²) >= 11 is 0. The van der Waals surface area contributed by atoms with Gasteiger partial charge < -0.3 is 25.2 Å². The standard InChI is InChI=1S/C37H45FN4O4/c1-24(2)34(36(45)41-20-17-27(18-21-41)39-19-16-25-10-12-26(38)13-11-25)42-23-33(43)40-31-15-14-28(22-29(31)35(42)44)46-32-9-7-6-8-30(32)37(3,4)5/h6-15,22,24,27,34,39H,16-21,23H2,1-5H3,(H,40,43). The molecule has 9 heteroatoms. The average molecular weight is 629 g/mol. The fourth-order valence-corrected chi connectivity index (χ4v) is 6.31. The second-order valence-corrected chi connectivity index (χ2v) is 13.7. The zero-order valence-corrected chi connectivity index (χ0v) is 27.4. The Balaban J connectivity index is 1.28. The number of likely N-dealkylation sites (tertiary alicyclic amines) is 1. The van der Waals surface area contributed by atoms with Gasteiger partial charge in [0, 0.05) is 24.7 Å². The number of amides is 3. The molecule has 0 saturated carbocycles. The molecule has 1 saturated heterocycles. The van der Waals surface area contributed by atoms with Gasteiger partial charge in [-0.1, -0.05) is 65.0 Å². The molecule has 0 aliphatic carbocycles. The first-order valence-corrected chi connectivity index (χ1v) is 16.2. The van der Waals surface area contributed by atoms with Crippen LogP contribution in [-0.2, 0) is 21.4 Å². The Labute approximate surface area is 271 Å². The van der Waals surface area contributed by atoms with Crippen LogP contribution >= 0.6 is 0 Å². The Hall–Kier alpha value is -4.24. The predicted molar refractivity (Wildman–Crippen MR) is 178 cm³/mol. The summed E-state index contributed by atoms with van der Waals surface area (Å²) in [6, 6.07) is 18.9. The van der Waals surface area contributed by atoms with E-state index in [0.29, 0.717) is 35.8 Å². The fourth-order valence-electron chi connectivity index (χ4n) is 6.31. The van der Waals surface area contributed by atoms with E-state index >= 15 is 0 Å². The number of piperidine rings is 1. The van der Waals surface area contributed by atoms with Crippen molar-refractivity contribution in [3.05, 3.63) is 89.2 Å². The molecule has 1 fully saturated rings. The lowest BCUT2D eigenvalue weighted by atomic mass is 9.86. The lowest BCUT2D eigenvalue weighted by molar-refractivity contribution is -0.139. The molecule has 0 bridgehead atoms. The number of nitrogens with zero attached hydrogens (tertiary/aromatic N) is 2. The van der Waals surface area contributed by atoms with Crippen LogP contribution < -0.4 is 15.4 Å². The Morgan fingerprint density at radius 2 is 1.72 bits per heavy atom. The highest BCUT2D eigenvalue weighted by Crippen LogP contribution is 2.36. The second-order valence-electron chi connectivity index (χ2n) is 13.7. The number of anilines is 1. The highest BCUT2D eigenvalue weighted by molar-refractivity contribution is 6.10. The molecule has 0 aromatic heterocycles.